The Balaban J connectivity index is 1.61. The van der Waals surface area contributed by atoms with Gasteiger partial charge in [-0.2, -0.15) is 5.10 Å². The minimum Gasteiger partial charge on any atom is -0.367 e. The Bertz CT molecular complexity index is 1110. The molecule has 8 heteroatoms. The zero-order chi connectivity index (χ0) is 23.6. The summed E-state index contributed by atoms with van der Waals surface area (Å²) >= 11 is 0. The van der Waals surface area contributed by atoms with Crippen LogP contribution in [0.1, 0.15) is 59.1 Å². The second-order valence-electron chi connectivity index (χ2n) is 10.1. The molecule has 0 aromatic carbocycles. The van der Waals surface area contributed by atoms with Gasteiger partial charge >= 0.3 is 0 Å². The number of hydrogen-bond acceptors (Lipinski definition) is 6. The second-order valence-corrected chi connectivity index (χ2v) is 10.1. The molecule has 176 valence electrons. The van der Waals surface area contributed by atoms with E-state index in [0.29, 0.717) is 5.82 Å². The summed E-state index contributed by atoms with van der Waals surface area (Å²) in [6, 6.07) is 8.45. The van der Waals surface area contributed by atoms with Crippen molar-refractivity contribution in [3.8, 4) is 0 Å². The first-order valence-corrected chi connectivity index (χ1v) is 11.8. The average Bonchev–Trinajstić information content (AvgIpc) is 3.18. The van der Waals surface area contributed by atoms with Crippen molar-refractivity contribution in [1.29, 1.82) is 0 Å². The van der Waals surface area contributed by atoms with Crippen LogP contribution < -0.4 is 10.6 Å². The SMILES string of the molecule is CCC(C)(C)C[C@H]1C[C@H](Nc2nc(Nc3cc(C)[nH]n3)cc3ncccc23)C[C@@H](C)N1C=O. The number of amides is 1. The molecule has 4 rings (SSSR count). The van der Waals surface area contributed by atoms with Gasteiger partial charge in [-0.05, 0) is 50.7 Å². The molecule has 1 fully saturated rings. The molecule has 3 aromatic rings. The Hall–Kier alpha value is -3.16. The van der Waals surface area contributed by atoms with E-state index in [1.807, 2.05) is 36.1 Å². The summed E-state index contributed by atoms with van der Waals surface area (Å²) in [4.78, 5) is 23.3. The van der Waals surface area contributed by atoms with Crippen LogP contribution in [0.2, 0.25) is 0 Å². The molecule has 33 heavy (non-hydrogen) atoms. The highest BCUT2D eigenvalue weighted by Gasteiger charge is 2.35. The lowest BCUT2D eigenvalue weighted by Crippen LogP contribution is -2.51. The van der Waals surface area contributed by atoms with Crippen molar-refractivity contribution in [3.63, 3.8) is 0 Å². The van der Waals surface area contributed by atoms with E-state index in [1.165, 1.54) is 0 Å². The Labute approximate surface area is 195 Å². The van der Waals surface area contributed by atoms with Gasteiger partial charge < -0.3 is 15.5 Å². The maximum atomic E-state index is 11.9. The van der Waals surface area contributed by atoms with Crippen LogP contribution in [0.15, 0.2) is 30.5 Å². The molecule has 0 aliphatic carbocycles. The monoisotopic (exact) mass is 449 g/mol. The van der Waals surface area contributed by atoms with Crippen LogP contribution in [-0.2, 0) is 4.79 Å². The Morgan fingerprint density at radius 1 is 1.27 bits per heavy atom. The molecule has 8 nitrogen and oxygen atoms in total. The molecule has 0 radical (unpaired) electrons. The Morgan fingerprint density at radius 3 is 2.79 bits per heavy atom. The second kappa shape index (κ2) is 9.37. The van der Waals surface area contributed by atoms with E-state index in [9.17, 15) is 4.79 Å². The Morgan fingerprint density at radius 2 is 2.09 bits per heavy atom. The van der Waals surface area contributed by atoms with Crippen molar-refractivity contribution < 1.29 is 4.79 Å². The average molecular weight is 450 g/mol. The van der Waals surface area contributed by atoms with Crippen LogP contribution >= 0.6 is 0 Å². The van der Waals surface area contributed by atoms with Crippen LogP contribution in [0.5, 0.6) is 0 Å². The van der Waals surface area contributed by atoms with E-state index in [-0.39, 0.29) is 23.5 Å². The van der Waals surface area contributed by atoms with Crippen molar-refractivity contribution in [1.82, 2.24) is 25.1 Å². The number of fused-ring (bicyclic) bond motifs is 1. The molecule has 3 N–H and O–H groups in total. The smallest absolute Gasteiger partial charge is 0.210 e. The summed E-state index contributed by atoms with van der Waals surface area (Å²) in [6.07, 6.45) is 6.67. The number of pyridine rings is 2. The normalized spacial score (nSPS) is 21.2. The van der Waals surface area contributed by atoms with Crippen LogP contribution in [0.3, 0.4) is 0 Å². The molecule has 1 saturated heterocycles. The lowest BCUT2D eigenvalue weighted by molar-refractivity contribution is -0.125. The lowest BCUT2D eigenvalue weighted by atomic mass is 9.78. The molecule has 1 aliphatic heterocycles. The molecule has 4 heterocycles. The highest BCUT2D eigenvalue weighted by molar-refractivity contribution is 5.91. The number of H-pyrrole nitrogens is 1. The summed E-state index contributed by atoms with van der Waals surface area (Å²) in [6.45, 7) is 10.9. The van der Waals surface area contributed by atoms with Gasteiger partial charge in [-0.25, -0.2) is 4.98 Å². The van der Waals surface area contributed by atoms with Gasteiger partial charge in [0.05, 0.1) is 5.52 Å². The number of aromatic amines is 1. The van der Waals surface area contributed by atoms with Crippen LogP contribution in [0.4, 0.5) is 17.5 Å². The van der Waals surface area contributed by atoms with Crippen LogP contribution in [0.25, 0.3) is 10.9 Å². The maximum absolute atomic E-state index is 11.9. The first kappa shape index (κ1) is 23.0. The molecule has 3 aromatic heterocycles. The summed E-state index contributed by atoms with van der Waals surface area (Å²) in [5, 5.41) is 15.2. The fourth-order valence-corrected chi connectivity index (χ4v) is 4.77. The number of rotatable bonds is 8. The molecule has 0 saturated carbocycles. The van der Waals surface area contributed by atoms with Crippen molar-refractivity contribution in [2.45, 2.75) is 78.4 Å². The fraction of sp³-hybridized carbons (Fsp3) is 0.520. The van der Waals surface area contributed by atoms with Gasteiger partial charge in [0.15, 0.2) is 5.82 Å². The summed E-state index contributed by atoms with van der Waals surface area (Å²) in [7, 11) is 0. The number of anilines is 3. The van der Waals surface area contributed by atoms with Gasteiger partial charge in [-0.3, -0.25) is 14.9 Å². The predicted molar refractivity (Wildman–Crippen MR) is 133 cm³/mol. The first-order chi connectivity index (χ1) is 15.8. The molecule has 0 unspecified atom stereocenters. The van der Waals surface area contributed by atoms with E-state index >= 15 is 0 Å². The third-order valence-electron chi connectivity index (χ3n) is 6.88. The number of piperidine rings is 1. The molecule has 1 amide bonds. The summed E-state index contributed by atoms with van der Waals surface area (Å²) in [5.41, 5.74) is 2.03. The van der Waals surface area contributed by atoms with Crippen molar-refractivity contribution in [3.05, 3.63) is 36.2 Å². The number of carbonyl (C=O) groups is 1. The van der Waals surface area contributed by atoms with E-state index in [4.69, 9.17) is 4.98 Å². The quantitative estimate of drug-likeness (QED) is 0.418. The summed E-state index contributed by atoms with van der Waals surface area (Å²) in [5.74, 6) is 2.22. The minimum atomic E-state index is 0.170. The van der Waals surface area contributed by atoms with Gasteiger partial charge in [0.1, 0.15) is 11.6 Å². The van der Waals surface area contributed by atoms with E-state index < -0.39 is 0 Å². The summed E-state index contributed by atoms with van der Waals surface area (Å²) < 4.78 is 0. The number of carbonyl (C=O) groups excluding carboxylic acids is 1. The fourth-order valence-electron chi connectivity index (χ4n) is 4.77. The zero-order valence-corrected chi connectivity index (χ0v) is 20.2. The maximum Gasteiger partial charge on any atom is 0.210 e. The van der Waals surface area contributed by atoms with E-state index in [0.717, 1.165) is 60.3 Å². The largest absolute Gasteiger partial charge is 0.367 e. The van der Waals surface area contributed by atoms with Gasteiger partial charge in [0.25, 0.3) is 0 Å². The topological polar surface area (TPSA) is 98.8 Å². The Kier molecular flexibility index (Phi) is 6.54. The third kappa shape index (κ3) is 5.26. The molecule has 3 atom stereocenters. The van der Waals surface area contributed by atoms with Gasteiger partial charge in [-0.1, -0.05) is 27.2 Å². The van der Waals surface area contributed by atoms with Gasteiger partial charge in [0.2, 0.25) is 6.41 Å². The van der Waals surface area contributed by atoms with Gasteiger partial charge in [-0.15, -0.1) is 0 Å². The van der Waals surface area contributed by atoms with Crippen molar-refractivity contribution >= 4 is 34.8 Å². The number of nitrogens with zero attached hydrogens (tertiary/aromatic N) is 4. The third-order valence-corrected chi connectivity index (χ3v) is 6.88. The lowest BCUT2D eigenvalue weighted by Gasteiger charge is -2.45. The number of hydrogen-bond donors (Lipinski definition) is 3. The zero-order valence-electron chi connectivity index (χ0n) is 20.2. The highest BCUT2D eigenvalue weighted by Crippen LogP contribution is 2.35. The van der Waals surface area contributed by atoms with E-state index in [2.05, 4.69) is 53.5 Å². The first-order valence-electron chi connectivity index (χ1n) is 11.8. The molecular formula is C25H35N7O. The molecule has 1 aliphatic rings. The molecule has 0 spiro atoms. The highest BCUT2D eigenvalue weighted by atomic mass is 16.1. The number of nitrogens with one attached hydrogen (secondary N) is 3. The molecular weight excluding hydrogens is 414 g/mol. The standard InChI is InChI=1S/C25H35N7O/c1-6-25(4,5)14-19-12-18(11-17(3)32(19)15-33)27-24-20-8-7-9-26-21(20)13-22(29-24)28-23-10-16(2)30-31-23/h7-10,13,15,17-19H,6,11-12,14H2,1-5H3,(H3,27,28,29,30,31)/t17-,18-,19-/m1/s1. The van der Waals surface area contributed by atoms with Crippen LogP contribution in [-0.4, -0.2) is 49.6 Å². The number of likely N-dealkylation sites (tertiary alicyclic amines) is 1. The van der Waals surface area contributed by atoms with Crippen molar-refractivity contribution in [2.75, 3.05) is 10.6 Å². The van der Waals surface area contributed by atoms with Gasteiger partial charge in [0, 0.05) is 47.5 Å². The number of aryl methyl sites for hydroxylation is 1. The van der Waals surface area contributed by atoms with Crippen molar-refractivity contribution in [2.24, 2.45) is 5.41 Å². The van der Waals surface area contributed by atoms with Crippen LogP contribution in [0, 0.1) is 12.3 Å². The minimum absolute atomic E-state index is 0.170. The predicted octanol–water partition coefficient (Wildman–Crippen LogP) is 5.02. The molecule has 0 bridgehead atoms. The number of aromatic nitrogens is 4. The van der Waals surface area contributed by atoms with E-state index in [1.54, 1.807) is 6.20 Å².